The van der Waals surface area contributed by atoms with Crippen molar-refractivity contribution in [3.8, 4) is 0 Å². The number of benzene rings is 2. The maximum atomic E-state index is 4.66. The average Bonchev–Trinajstić information content (AvgIpc) is 3.58. The molecule has 0 atom stereocenters. The van der Waals surface area contributed by atoms with E-state index in [4.69, 9.17) is 0 Å². The van der Waals surface area contributed by atoms with Crippen LogP contribution in [0.2, 0.25) is 0 Å². The van der Waals surface area contributed by atoms with Gasteiger partial charge in [-0.15, -0.1) is 0 Å². The molecule has 4 rings (SSSR count). The highest BCUT2D eigenvalue weighted by Crippen LogP contribution is 2.29. The molecule has 1 aliphatic heterocycles. The Hall–Kier alpha value is -3.60. The zero-order valence-electron chi connectivity index (χ0n) is 24.6. The van der Waals surface area contributed by atoms with Gasteiger partial charge < -0.3 is 14.8 Å². The minimum absolute atomic E-state index is 0.188. The summed E-state index contributed by atoms with van der Waals surface area (Å²) in [6.07, 6.45) is 8.30. The fourth-order valence-corrected chi connectivity index (χ4v) is 3.24. The monoisotopic (exact) mass is 501 g/mol. The predicted octanol–water partition coefficient (Wildman–Crippen LogP) is 7.47. The van der Waals surface area contributed by atoms with Crippen LogP contribution in [0.1, 0.15) is 64.7 Å². The maximum Gasteiger partial charge on any atom is 0.0943 e. The summed E-state index contributed by atoms with van der Waals surface area (Å²) in [5, 5.41) is 2.83. The summed E-state index contributed by atoms with van der Waals surface area (Å²) in [6, 6.07) is 17.5. The van der Waals surface area contributed by atoms with Gasteiger partial charge >= 0.3 is 0 Å². The summed E-state index contributed by atoms with van der Waals surface area (Å²) in [5.41, 5.74) is 8.69. The first kappa shape index (κ1) is 31.4. The number of imidazole rings is 1. The first-order chi connectivity index (χ1) is 17.5. The molecule has 0 radical (unpaired) electrons. The van der Waals surface area contributed by atoms with Gasteiger partial charge in [0.05, 0.1) is 12.0 Å². The summed E-state index contributed by atoms with van der Waals surface area (Å²) in [7, 11) is 7.91. The van der Waals surface area contributed by atoms with Gasteiger partial charge in [-0.1, -0.05) is 77.6 Å². The van der Waals surface area contributed by atoms with Gasteiger partial charge in [-0.05, 0) is 52.4 Å². The Morgan fingerprint density at radius 3 is 1.89 bits per heavy atom. The molecule has 2 aromatic carbocycles. The Balaban J connectivity index is 0.000000434. The van der Waals surface area contributed by atoms with Crippen molar-refractivity contribution >= 4 is 17.0 Å². The molecule has 3 aromatic rings. The molecule has 0 aliphatic carbocycles. The second-order valence-corrected chi connectivity index (χ2v) is 9.93. The largest absolute Gasteiger partial charge is 0.392 e. The van der Waals surface area contributed by atoms with Crippen LogP contribution in [0.25, 0.3) is 5.57 Å². The second-order valence-electron chi connectivity index (χ2n) is 9.93. The van der Waals surface area contributed by atoms with Crippen molar-refractivity contribution in [1.29, 1.82) is 0 Å². The van der Waals surface area contributed by atoms with E-state index in [0.29, 0.717) is 0 Å². The molecule has 1 N–H and O–H groups in total. The van der Waals surface area contributed by atoms with E-state index < -0.39 is 0 Å². The lowest BCUT2D eigenvalue weighted by Gasteiger charge is -2.19. The average molecular weight is 502 g/mol. The summed E-state index contributed by atoms with van der Waals surface area (Å²) in [5.74, 6) is 0. The molecular weight excluding hydrogens is 454 g/mol. The van der Waals surface area contributed by atoms with E-state index in [9.17, 15) is 0 Å². The van der Waals surface area contributed by atoms with Crippen LogP contribution >= 0.6 is 0 Å². The SMILES string of the molecule is C=C(C)NC.CC.CN(C)c1ccc(C2=CN=C(c3ccc(C(C)(C)C)cc3)C2)cc1.Cn1ccnc1. The normalized spacial score (nSPS) is 11.8. The lowest BCUT2D eigenvalue weighted by molar-refractivity contribution is 0.590. The van der Waals surface area contributed by atoms with Crippen molar-refractivity contribution in [1.82, 2.24) is 14.9 Å². The smallest absolute Gasteiger partial charge is 0.0943 e. The fourth-order valence-electron chi connectivity index (χ4n) is 3.24. The van der Waals surface area contributed by atoms with Crippen molar-refractivity contribution in [3.05, 3.63) is 102 Å². The van der Waals surface area contributed by atoms with Gasteiger partial charge in [-0.2, -0.15) is 0 Å². The zero-order chi connectivity index (χ0) is 28.0. The molecule has 1 aromatic heterocycles. The van der Waals surface area contributed by atoms with Crippen molar-refractivity contribution in [2.24, 2.45) is 12.0 Å². The van der Waals surface area contributed by atoms with Crippen LogP contribution in [0.15, 0.2) is 90.7 Å². The third-order valence-corrected chi connectivity index (χ3v) is 5.64. The molecule has 5 nitrogen and oxygen atoms in total. The van der Waals surface area contributed by atoms with E-state index in [-0.39, 0.29) is 5.41 Å². The summed E-state index contributed by atoms with van der Waals surface area (Å²) < 4.78 is 1.89. The van der Waals surface area contributed by atoms with Crippen LogP contribution in [0.5, 0.6) is 0 Å². The van der Waals surface area contributed by atoms with Crippen LogP contribution in [-0.4, -0.2) is 36.4 Å². The van der Waals surface area contributed by atoms with Crippen molar-refractivity contribution in [2.45, 2.75) is 53.4 Å². The number of rotatable bonds is 4. The van der Waals surface area contributed by atoms with Crippen LogP contribution in [0.4, 0.5) is 5.69 Å². The number of nitrogens with zero attached hydrogens (tertiary/aromatic N) is 4. The highest BCUT2D eigenvalue weighted by Gasteiger charge is 2.16. The Labute approximate surface area is 225 Å². The zero-order valence-corrected chi connectivity index (χ0v) is 24.6. The molecule has 37 heavy (non-hydrogen) atoms. The van der Waals surface area contributed by atoms with Crippen LogP contribution < -0.4 is 10.2 Å². The van der Waals surface area contributed by atoms with E-state index in [1.165, 1.54) is 28.0 Å². The Bertz CT molecular complexity index is 1110. The van der Waals surface area contributed by atoms with Gasteiger partial charge in [-0.25, -0.2) is 4.98 Å². The molecule has 5 heteroatoms. The van der Waals surface area contributed by atoms with Gasteiger partial charge in [0.25, 0.3) is 0 Å². The van der Waals surface area contributed by atoms with Crippen molar-refractivity contribution in [2.75, 3.05) is 26.0 Å². The van der Waals surface area contributed by atoms with Crippen LogP contribution in [0, 0.1) is 0 Å². The minimum Gasteiger partial charge on any atom is -0.392 e. The van der Waals surface area contributed by atoms with Gasteiger partial charge in [0.2, 0.25) is 0 Å². The topological polar surface area (TPSA) is 45.5 Å². The van der Waals surface area contributed by atoms with Gasteiger partial charge in [-0.3, -0.25) is 4.99 Å². The molecule has 0 spiro atoms. The minimum atomic E-state index is 0.188. The maximum absolute atomic E-state index is 4.66. The summed E-state index contributed by atoms with van der Waals surface area (Å²) in [4.78, 5) is 10.6. The van der Waals surface area contributed by atoms with E-state index in [1.54, 1.807) is 12.5 Å². The lowest BCUT2D eigenvalue weighted by atomic mass is 9.86. The number of allylic oxidation sites excluding steroid dienone is 2. The number of nitrogens with one attached hydrogen (secondary N) is 1. The number of anilines is 1. The van der Waals surface area contributed by atoms with Crippen LogP contribution in [-0.2, 0) is 12.5 Å². The number of aliphatic imine (C=N–C) groups is 1. The van der Waals surface area contributed by atoms with E-state index >= 15 is 0 Å². The molecule has 1 aliphatic rings. The second kappa shape index (κ2) is 15.5. The summed E-state index contributed by atoms with van der Waals surface area (Å²) in [6.45, 7) is 16.2. The molecular formula is C32H47N5. The first-order valence-corrected chi connectivity index (χ1v) is 12.9. The Morgan fingerprint density at radius 2 is 1.51 bits per heavy atom. The van der Waals surface area contributed by atoms with Gasteiger partial charge in [0.15, 0.2) is 0 Å². The fraction of sp³-hybridized carbons (Fsp3) is 0.375. The first-order valence-electron chi connectivity index (χ1n) is 12.9. The van der Waals surface area contributed by atoms with E-state index in [0.717, 1.165) is 17.8 Å². The molecule has 0 saturated heterocycles. The Kier molecular flexibility index (Phi) is 13.2. The summed E-state index contributed by atoms with van der Waals surface area (Å²) >= 11 is 0. The van der Waals surface area contributed by atoms with Crippen LogP contribution in [0.3, 0.4) is 0 Å². The number of aromatic nitrogens is 2. The lowest BCUT2D eigenvalue weighted by Crippen LogP contribution is -2.11. The van der Waals surface area contributed by atoms with Gasteiger partial charge in [0, 0.05) is 58.9 Å². The highest BCUT2D eigenvalue weighted by molar-refractivity contribution is 6.09. The van der Waals surface area contributed by atoms with Gasteiger partial charge in [0.1, 0.15) is 0 Å². The van der Waals surface area contributed by atoms with E-state index in [2.05, 4.69) is 110 Å². The van der Waals surface area contributed by atoms with E-state index in [1.807, 2.05) is 51.8 Å². The molecule has 200 valence electrons. The Morgan fingerprint density at radius 1 is 0.973 bits per heavy atom. The third-order valence-electron chi connectivity index (χ3n) is 5.64. The number of hydrogen-bond donors (Lipinski definition) is 1. The number of aryl methyl sites for hydroxylation is 1. The van der Waals surface area contributed by atoms with Crippen molar-refractivity contribution < 1.29 is 0 Å². The predicted molar refractivity (Wildman–Crippen MR) is 163 cm³/mol. The van der Waals surface area contributed by atoms with Crippen molar-refractivity contribution in [3.63, 3.8) is 0 Å². The molecule has 0 saturated carbocycles. The molecule has 0 bridgehead atoms. The number of hydrogen-bond acceptors (Lipinski definition) is 4. The molecule has 0 unspecified atom stereocenters. The third kappa shape index (κ3) is 10.9. The highest BCUT2D eigenvalue weighted by atomic mass is 15.1. The molecule has 2 heterocycles. The molecule has 0 fully saturated rings. The standard InChI is InChI=1S/C22H26N2.C4H6N2.C4H9N.C2H6/c1-22(2,3)19-10-6-17(7-11-19)21-14-18(15-23-21)16-8-12-20(13-9-16)24(4)5;1-6-3-2-5-4-6;1-4(2)5-3;1-2/h6-13,15H,14H2,1-5H3;2-4H,1H3;5H,1H2,2-3H3;1-2H3. The molecule has 0 amide bonds. The quantitative estimate of drug-likeness (QED) is 0.403.